The summed E-state index contributed by atoms with van der Waals surface area (Å²) >= 11 is 0. The molecule has 5 nitrogen and oxygen atoms in total. The van der Waals surface area contributed by atoms with Crippen LogP contribution in [0.1, 0.15) is 20.3 Å². The molecule has 1 aromatic heterocycles. The van der Waals surface area contributed by atoms with E-state index in [9.17, 15) is 0 Å². The van der Waals surface area contributed by atoms with Crippen LogP contribution in [-0.2, 0) is 4.74 Å². The number of nitrogens with two attached hydrogens (primary N) is 1. The van der Waals surface area contributed by atoms with Gasteiger partial charge in [-0.2, -0.15) is 4.98 Å². The highest BCUT2D eigenvalue weighted by molar-refractivity contribution is 5.88. The van der Waals surface area contributed by atoms with E-state index in [0.29, 0.717) is 11.8 Å². The predicted molar refractivity (Wildman–Crippen MR) is 82.7 cm³/mol. The Hall–Kier alpha value is -1.88. The molecule has 108 valence electrons. The molecule has 0 saturated heterocycles. The van der Waals surface area contributed by atoms with E-state index in [0.717, 1.165) is 30.5 Å². The summed E-state index contributed by atoms with van der Waals surface area (Å²) in [4.78, 5) is 8.79. The SMILES string of the molecule is COCCC(C)(C)CNc1nc(N)c2ccccc2n1. The van der Waals surface area contributed by atoms with Crippen LogP contribution < -0.4 is 11.1 Å². The summed E-state index contributed by atoms with van der Waals surface area (Å²) in [6, 6.07) is 7.75. The van der Waals surface area contributed by atoms with Gasteiger partial charge >= 0.3 is 0 Å². The maximum Gasteiger partial charge on any atom is 0.225 e. The molecule has 0 atom stereocenters. The van der Waals surface area contributed by atoms with Gasteiger partial charge in [-0.25, -0.2) is 4.98 Å². The van der Waals surface area contributed by atoms with Gasteiger partial charge < -0.3 is 15.8 Å². The summed E-state index contributed by atoms with van der Waals surface area (Å²) in [7, 11) is 1.72. The lowest BCUT2D eigenvalue weighted by molar-refractivity contribution is 0.157. The van der Waals surface area contributed by atoms with E-state index in [1.807, 2.05) is 24.3 Å². The lowest BCUT2D eigenvalue weighted by atomic mass is 9.90. The number of methoxy groups -OCH3 is 1. The largest absolute Gasteiger partial charge is 0.385 e. The zero-order valence-electron chi connectivity index (χ0n) is 12.3. The molecule has 0 radical (unpaired) electrons. The van der Waals surface area contributed by atoms with Crippen molar-refractivity contribution in [2.45, 2.75) is 20.3 Å². The molecule has 2 aromatic rings. The molecule has 0 aliphatic carbocycles. The fourth-order valence-electron chi connectivity index (χ4n) is 1.97. The summed E-state index contributed by atoms with van der Waals surface area (Å²) in [6.07, 6.45) is 0.972. The maximum absolute atomic E-state index is 5.97. The third-order valence-electron chi connectivity index (χ3n) is 3.34. The van der Waals surface area contributed by atoms with Gasteiger partial charge in [0.15, 0.2) is 0 Å². The van der Waals surface area contributed by atoms with Gasteiger partial charge in [-0.1, -0.05) is 26.0 Å². The Morgan fingerprint density at radius 1 is 1.25 bits per heavy atom. The number of fused-ring (bicyclic) bond motifs is 1. The summed E-state index contributed by atoms with van der Waals surface area (Å²) in [5.41, 5.74) is 6.93. The molecule has 0 aliphatic heterocycles. The standard InChI is InChI=1S/C15H22N4O/c1-15(2,8-9-20-3)10-17-14-18-12-7-5-4-6-11(12)13(16)19-14/h4-7H,8-10H2,1-3H3,(H3,16,17,18,19). The van der Waals surface area contributed by atoms with Gasteiger partial charge in [-0.3, -0.25) is 0 Å². The molecule has 3 N–H and O–H groups in total. The van der Waals surface area contributed by atoms with Crippen molar-refractivity contribution < 1.29 is 4.74 Å². The average Bonchev–Trinajstić information content (AvgIpc) is 2.43. The quantitative estimate of drug-likeness (QED) is 0.847. The van der Waals surface area contributed by atoms with Crippen molar-refractivity contribution in [3.05, 3.63) is 24.3 Å². The minimum Gasteiger partial charge on any atom is -0.385 e. The fourth-order valence-corrected chi connectivity index (χ4v) is 1.97. The van der Waals surface area contributed by atoms with Crippen LogP contribution in [0.5, 0.6) is 0 Å². The van der Waals surface area contributed by atoms with Gasteiger partial charge in [0.05, 0.1) is 5.52 Å². The Balaban J connectivity index is 2.10. The van der Waals surface area contributed by atoms with Crippen molar-refractivity contribution in [1.82, 2.24) is 9.97 Å². The molecule has 0 unspecified atom stereocenters. The van der Waals surface area contributed by atoms with Crippen molar-refractivity contribution in [1.29, 1.82) is 0 Å². The summed E-state index contributed by atoms with van der Waals surface area (Å²) < 4.78 is 5.13. The predicted octanol–water partition coefficient (Wildman–Crippen LogP) is 2.69. The van der Waals surface area contributed by atoms with E-state index in [-0.39, 0.29) is 5.41 Å². The number of rotatable bonds is 6. The molecule has 0 spiro atoms. The van der Waals surface area contributed by atoms with Gasteiger partial charge in [0.1, 0.15) is 5.82 Å². The van der Waals surface area contributed by atoms with Crippen LogP contribution in [0.4, 0.5) is 11.8 Å². The van der Waals surface area contributed by atoms with E-state index < -0.39 is 0 Å². The molecule has 1 heterocycles. The zero-order chi connectivity index (χ0) is 14.6. The van der Waals surface area contributed by atoms with Gasteiger partial charge in [0, 0.05) is 25.6 Å². The number of hydrogen-bond acceptors (Lipinski definition) is 5. The Morgan fingerprint density at radius 2 is 2.00 bits per heavy atom. The zero-order valence-corrected chi connectivity index (χ0v) is 12.3. The summed E-state index contributed by atoms with van der Waals surface area (Å²) in [5, 5.41) is 4.15. The molecular formula is C15H22N4O. The Morgan fingerprint density at radius 3 is 2.75 bits per heavy atom. The van der Waals surface area contributed by atoms with E-state index >= 15 is 0 Å². The highest BCUT2D eigenvalue weighted by atomic mass is 16.5. The normalized spacial score (nSPS) is 11.8. The van der Waals surface area contributed by atoms with E-state index in [2.05, 4.69) is 29.1 Å². The molecule has 1 aromatic carbocycles. The molecule has 0 saturated carbocycles. The molecule has 5 heteroatoms. The molecular weight excluding hydrogens is 252 g/mol. The number of nitrogens with one attached hydrogen (secondary N) is 1. The second kappa shape index (κ2) is 6.05. The molecule has 0 amide bonds. The topological polar surface area (TPSA) is 73.1 Å². The van der Waals surface area contributed by atoms with Crippen LogP contribution in [0.25, 0.3) is 10.9 Å². The Bertz CT molecular complexity index is 583. The monoisotopic (exact) mass is 274 g/mol. The second-order valence-electron chi connectivity index (χ2n) is 5.71. The lowest BCUT2D eigenvalue weighted by Crippen LogP contribution is -2.25. The maximum atomic E-state index is 5.97. The smallest absolute Gasteiger partial charge is 0.225 e. The third-order valence-corrected chi connectivity index (χ3v) is 3.34. The van der Waals surface area contributed by atoms with Gasteiger partial charge in [-0.15, -0.1) is 0 Å². The molecule has 0 aliphatic rings. The van der Waals surface area contributed by atoms with Crippen molar-refractivity contribution in [2.24, 2.45) is 5.41 Å². The van der Waals surface area contributed by atoms with Crippen LogP contribution in [0.15, 0.2) is 24.3 Å². The van der Waals surface area contributed by atoms with Crippen molar-refractivity contribution in [2.75, 3.05) is 31.3 Å². The van der Waals surface area contributed by atoms with Crippen molar-refractivity contribution >= 4 is 22.7 Å². The van der Waals surface area contributed by atoms with Crippen LogP contribution in [0.3, 0.4) is 0 Å². The molecule has 0 bridgehead atoms. The van der Waals surface area contributed by atoms with Gasteiger partial charge in [-0.05, 0) is 24.0 Å². The van der Waals surface area contributed by atoms with Crippen molar-refractivity contribution in [3.63, 3.8) is 0 Å². The van der Waals surface area contributed by atoms with Gasteiger partial charge in [0.25, 0.3) is 0 Å². The minimum absolute atomic E-state index is 0.111. The van der Waals surface area contributed by atoms with Crippen LogP contribution in [0.2, 0.25) is 0 Å². The highest BCUT2D eigenvalue weighted by Crippen LogP contribution is 2.22. The number of anilines is 2. The number of nitrogens with zero attached hydrogens (tertiary/aromatic N) is 2. The first kappa shape index (κ1) is 14.5. The molecule has 20 heavy (non-hydrogen) atoms. The van der Waals surface area contributed by atoms with Crippen molar-refractivity contribution in [3.8, 4) is 0 Å². The minimum atomic E-state index is 0.111. The number of nitrogen functional groups attached to an aromatic ring is 1. The van der Waals surface area contributed by atoms with E-state index in [1.165, 1.54) is 0 Å². The number of ether oxygens (including phenoxy) is 1. The number of benzene rings is 1. The van der Waals surface area contributed by atoms with E-state index in [4.69, 9.17) is 10.5 Å². The first-order chi connectivity index (χ1) is 9.52. The molecule has 0 fully saturated rings. The third kappa shape index (κ3) is 3.57. The first-order valence-electron chi connectivity index (χ1n) is 6.77. The number of aromatic nitrogens is 2. The number of para-hydroxylation sites is 1. The first-order valence-corrected chi connectivity index (χ1v) is 6.77. The Kier molecular flexibility index (Phi) is 4.39. The fraction of sp³-hybridized carbons (Fsp3) is 0.467. The summed E-state index contributed by atoms with van der Waals surface area (Å²) in [6.45, 7) is 5.89. The van der Waals surface area contributed by atoms with Crippen LogP contribution in [-0.4, -0.2) is 30.2 Å². The lowest BCUT2D eigenvalue weighted by Gasteiger charge is -2.24. The van der Waals surface area contributed by atoms with E-state index in [1.54, 1.807) is 7.11 Å². The summed E-state index contributed by atoms with van der Waals surface area (Å²) in [5.74, 6) is 1.08. The second-order valence-corrected chi connectivity index (χ2v) is 5.71. The molecule has 2 rings (SSSR count). The van der Waals surface area contributed by atoms with Crippen LogP contribution in [0, 0.1) is 5.41 Å². The number of hydrogen-bond donors (Lipinski definition) is 2. The average molecular weight is 274 g/mol. The highest BCUT2D eigenvalue weighted by Gasteiger charge is 2.18. The van der Waals surface area contributed by atoms with Crippen LogP contribution >= 0.6 is 0 Å². The Labute approximate surface area is 119 Å². The van der Waals surface area contributed by atoms with Gasteiger partial charge in [0.2, 0.25) is 5.95 Å².